The van der Waals surface area contributed by atoms with Crippen LogP contribution in [0.3, 0.4) is 0 Å². The summed E-state index contributed by atoms with van der Waals surface area (Å²) >= 11 is 5.96. The van der Waals surface area contributed by atoms with E-state index in [2.05, 4.69) is 16.4 Å². The van der Waals surface area contributed by atoms with Gasteiger partial charge in [-0.2, -0.15) is 5.26 Å². The second-order valence-corrected chi connectivity index (χ2v) is 6.48. The molecule has 0 radical (unpaired) electrons. The first kappa shape index (κ1) is 16.9. The number of benzene rings is 2. The first-order valence-corrected chi connectivity index (χ1v) is 8.48. The molecule has 0 aliphatic carbocycles. The average molecular weight is 377 g/mol. The third kappa shape index (κ3) is 2.65. The fraction of sp³-hybridized carbons (Fsp3) is 0.0500. The maximum absolute atomic E-state index is 13.1. The van der Waals surface area contributed by atoms with Crippen molar-refractivity contribution in [1.82, 2.24) is 9.38 Å². The average Bonchev–Trinajstić information content (AvgIpc) is 3.04. The van der Waals surface area contributed by atoms with Crippen LogP contribution in [0.25, 0.3) is 22.9 Å². The van der Waals surface area contributed by atoms with E-state index in [0.29, 0.717) is 43.7 Å². The molecule has 4 aromatic rings. The van der Waals surface area contributed by atoms with E-state index < -0.39 is 0 Å². The molecule has 2 heterocycles. The predicted octanol–water partition coefficient (Wildman–Crippen LogP) is 2.96. The van der Waals surface area contributed by atoms with Crippen molar-refractivity contribution in [2.45, 2.75) is 6.92 Å². The summed E-state index contributed by atoms with van der Waals surface area (Å²) in [5, 5.41) is 23.2. The van der Waals surface area contributed by atoms with Crippen molar-refractivity contribution in [3.8, 4) is 11.8 Å². The molecule has 27 heavy (non-hydrogen) atoms. The third-order valence-corrected chi connectivity index (χ3v) is 4.67. The number of rotatable bonds is 2. The lowest BCUT2D eigenvalue weighted by atomic mass is 10.1. The van der Waals surface area contributed by atoms with Crippen LogP contribution in [-0.4, -0.2) is 14.5 Å². The van der Waals surface area contributed by atoms with Crippen molar-refractivity contribution in [2.24, 2.45) is 0 Å². The number of halogens is 1. The number of nitrogens with zero attached hydrogens (tertiary/aromatic N) is 3. The van der Waals surface area contributed by atoms with Crippen LogP contribution in [0.4, 0.5) is 5.69 Å². The zero-order chi connectivity index (χ0) is 19.1. The number of aromatic nitrogens is 2. The Morgan fingerprint density at radius 3 is 2.85 bits per heavy atom. The summed E-state index contributed by atoms with van der Waals surface area (Å²) in [5.41, 5.74) is 2.51. The Morgan fingerprint density at radius 2 is 2.07 bits per heavy atom. The molecule has 2 aromatic heterocycles. The minimum Gasteiger partial charge on any atom is -0.506 e. The fourth-order valence-electron chi connectivity index (χ4n) is 3.06. The van der Waals surface area contributed by atoms with E-state index in [9.17, 15) is 15.2 Å². The van der Waals surface area contributed by atoms with Crippen molar-refractivity contribution >= 4 is 40.2 Å². The van der Waals surface area contributed by atoms with Crippen LogP contribution in [0.5, 0.6) is 5.75 Å². The SMILES string of the molecule is Cc1c(C#N)c2nc3ccccc3n2c(=O)/c1=C\Nc1cc(Cl)ccc1O. The maximum atomic E-state index is 13.1. The Balaban J connectivity index is 2.03. The second kappa shape index (κ2) is 6.31. The summed E-state index contributed by atoms with van der Waals surface area (Å²) < 4.78 is 1.44. The Hall–Kier alpha value is -3.56. The van der Waals surface area contributed by atoms with Gasteiger partial charge in [0, 0.05) is 11.2 Å². The summed E-state index contributed by atoms with van der Waals surface area (Å²) in [5.74, 6) is -0.00424. The molecule has 132 valence electrons. The van der Waals surface area contributed by atoms with E-state index in [1.807, 2.05) is 12.1 Å². The highest BCUT2D eigenvalue weighted by Crippen LogP contribution is 2.26. The largest absolute Gasteiger partial charge is 0.506 e. The normalized spacial score (nSPS) is 11.8. The first-order chi connectivity index (χ1) is 13.0. The number of phenolic OH excluding ortho intramolecular Hbond substituents is 1. The maximum Gasteiger partial charge on any atom is 0.265 e. The van der Waals surface area contributed by atoms with E-state index in [4.69, 9.17) is 11.6 Å². The molecular formula is C20H13ClN4O2. The van der Waals surface area contributed by atoms with Gasteiger partial charge in [0.1, 0.15) is 11.8 Å². The molecule has 0 fully saturated rings. The molecule has 0 amide bonds. The zero-order valence-corrected chi connectivity index (χ0v) is 14.9. The molecule has 0 atom stereocenters. The van der Waals surface area contributed by atoms with Gasteiger partial charge in [-0.3, -0.25) is 9.20 Å². The van der Waals surface area contributed by atoms with E-state index in [-0.39, 0.29) is 11.3 Å². The number of aromatic hydroxyl groups is 1. The van der Waals surface area contributed by atoms with E-state index in [0.717, 1.165) is 0 Å². The number of hydrogen-bond acceptors (Lipinski definition) is 5. The summed E-state index contributed by atoms with van der Waals surface area (Å²) in [4.78, 5) is 17.6. The van der Waals surface area contributed by atoms with Gasteiger partial charge in [-0.1, -0.05) is 23.7 Å². The van der Waals surface area contributed by atoms with Crippen LogP contribution in [0.15, 0.2) is 47.3 Å². The lowest BCUT2D eigenvalue weighted by molar-refractivity contribution is 0.478. The number of para-hydroxylation sites is 2. The van der Waals surface area contributed by atoms with Gasteiger partial charge in [0.05, 0.1) is 27.5 Å². The van der Waals surface area contributed by atoms with Crippen LogP contribution in [-0.2, 0) is 0 Å². The number of phenols is 1. The van der Waals surface area contributed by atoms with Crippen molar-refractivity contribution in [3.63, 3.8) is 0 Å². The van der Waals surface area contributed by atoms with E-state index >= 15 is 0 Å². The monoisotopic (exact) mass is 376 g/mol. The number of fused-ring (bicyclic) bond motifs is 3. The molecule has 0 unspecified atom stereocenters. The Morgan fingerprint density at radius 1 is 1.30 bits per heavy atom. The Kier molecular flexibility index (Phi) is 3.94. The van der Waals surface area contributed by atoms with Crippen molar-refractivity contribution < 1.29 is 5.11 Å². The molecule has 0 spiro atoms. The highest BCUT2D eigenvalue weighted by Gasteiger charge is 2.16. The van der Waals surface area contributed by atoms with Gasteiger partial charge in [-0.05, 0) is 42.8 Å². The number of nitrogens with one attached hydrogen (secondary N) is 1. The molecule has 0 aliphatic heterocycles. The molecule has 0 aliphatic rings. The van der Waals surface area contributed by atoms with Gasteiger partial charge in [0.25, 0.3) is 5.56 Å². The van der Waals surface area contributed by atoms with Gasteiger partial charge >= 0.3 is 0 Å². The topological polar surface area (TPSA) is 90.4 Å². The quantitative estimate of drug-likeness (QED) is 0.525. The molecule has 4 rings (SSSR count). The minimum atomic E-state index is -0.302. The fourth-order valence-corrected chi connectivity index (χ4v) is 3.23. The zero-order valence-electron chi connectivity index (χ0n) is 14.2. The van der Waals surface area contributed by atoms with Gasteiger partial charge in [-0.15, -0.1) is 0 Å². The molecule has 6 nitrogen and oxygen atoms in total. The van der Waals surface area contributed by atoms with Gasteiger partial charge < -0.3 is 10.4 Å². The predicted molar refractivity (Wildman–Crippen MR) is 105 cm³/mol. The number of nitriles is 1. The minimum absolute atomic E-state index is 0.00424. The number of pyridine rings is 1. The Labute approximate surface area is 158 Å². The number of imidazole rings is 1. The number of anilines is 1. The summed E-state index contributed by atoms with van der Waals surface area (Å²) in [6, 6.07) is 13.9. The van der Waals surface area contributed by atoms with Crippen LogP contribution in [0, 0.1) is 18.3 Å². The molecule has 0 saturated heterocycles. The van der Waals surface area contributed by atoms with Crippen LogP contribution < -0.4 is 16.1 Å². The second-order valence-electron chi connectivity index (χ2n) is 6.04. The number of hydrogen-bond donors (Lipinski definition) is 2. The van der Waals surface area contributed by atoms with Crippen molar-refractivity contribution in [2.75, 3.05) is 5.32 Å². The molecule has 0 saturated carbocycles. The standard InChI is InChI=1S/C20H13ClN4O2/c1-11-13(9-22)19-24-15-4-2-3-5-17(15)25(19)20(27)14(11)10-23-16-8-12(21)6-7-18(16)26/h2-8,10,23,26H,1H3/b14-10-. The van der Waals surface area contributed by atoms with Gasteiger partial charge in [0.2, 0.25) is 0 Å². The van der Waals surface area contributed by atoms with Crippen LogP contribution in [0.2, 0.25) is 5.02 Å². The lowest BCUT2D eigenvalue weighted by Crippen LogP contribution is -2.34. The summed E-state index contributed by atoms with van der Waals surface area (Å²) in [7, 11) is 0. The van der Waals surface area contributed by atoms with E-state index in [1.165, 1.54) is 16.7 Å². The molecule has 2 aromatic carbocycles. The highest BCUT2D eigenvalue weighted by molar-refractivity contribution is 6.30. The van der Waals surface area contributed by atoms with Crippen molar-refractivity contribution in [3.05, 3.63) is 74.2 Å². The molecular weight excluding hydrogens is 364 g/mol. The first-order valence-electron chi connectivity index (χ1n) is 8.10. The smallest absolute Gasteiger partial charge is 0.265 e. The van der Waals surface area contributed by atoms with Crippen LogP contribution in [0.1, 0.15) is 11.1 Å². The van der Waals surface area contributed by atoms with Gasteiger partial charge in [-0.25, -0.2) is 4.98 Å². The van der Waals surface area contributed by atoms with Gasteiger partial charge in [0.15, 0.2) is 5.65 Å². The summed E-state index contributed by atoms with van der Waals surface area (Å²) in [6.07, 6.45) is 1.47. The van der Waals surface area contributed by atoms with Crippen LogP contribution >= 0.6 is 11.6 Å². The van der Waals surface area contributed by atoms with Crippen molar-refractivity contribution in [1.29, 1.82) is 5.26 Å². The lowest BCUT2D eigenvalue weighted by Gasteiger charge is -2.06. The highest BCUT2D eigenvalue weighted by atomic mass is 35.5. The molecule has 7 heteroatoms. The summed E-state index contributed by atoms with van der Waals surface area (Å²) in [6.45, 7) is 1.70. The molecule has 0 bridgehead atoms. The van der Waals surface area contributed by atoms with E-state index in [1.54, 1.807) is 31.2 Å². The Bertz CT molecular complexity index is 1370. The molecule has 2 N–H and O–H groups in total. The third-order valence-electron chi connectivity index (χ3n) is 4.44.